The summed E-state index contributed by atoms with van der Waals surface area (Å²) in [7, 11) is -3.81. The van der Waals surface area contributed by atoms with E-state index < -0.39 is 15.4 Å². The number of aliphatic hydroxyl groups is 1. The first-order valence-corrected chi connectivity index (χ1v) is 11.0. The molecule has 0 fully saturated rings. The summed E-state index contributed by atoms with van der Waals surface area (Å²) >= 11 is 0. The quantitative estimate of drug-likeness (QED) is 0.460. The number of halogens is 1. The van der Waals surface area contributed by atoms with Gasteiger partial charge in [-0.1, -0.05) is 48.5 Å². The average Bonchev–Trinajstić information content (AvgIpc) is 2.73. The molecule has 0 atom stereocenters. The third-order valence-corrected chi connectivity index (χ3v) is 6.94. The number of fused-ring (bicyclic) bond motifs is 1. The minimum Gasteiger partial charge on any atom is -0.386 e. The number of rotatable bonds is 4. The van der Waals surface area contributed by atoms with Crippen molar-refractivity contribution >= 4 is 20.6 Å². The van der Waals surface area contributed by atoms with E-state index in [1.807, 2.05) is 18.2 Å². The predicted molar refractivity (Wildman–Crippen MR) is 116 cm³/mol. The highest BCUT2D eigenvalue weighted by Gasteiger charge is 2.28. The maximum atomic E-state index is 13.3. The summed E-state index contributed by atoms with van der Waals surface area (Å²) < 4.78 is 39.8. The molecular weight excluding hydrogens is 399 g/mol. The number of hydrogen-bond acceptors (Lipinski definition) is 3. The summed E-state index contributed by atoms with van der Waals surface area (Å²) in [6, 6.07) is 23.4. The first-order valence-electron chi connectivity index (χ1n) is 9.53. The molecule has 4 aromatic carbocycles. The molecule has 0 heterocycles. The molecule has 3 nitrogen and oxygen atoms in total. The molecule has 0 bridgehead atoms. The van der Waals surface area contributed by atoms with Gasteiger partial charge in [-0.15, -0.1) is 0 Å². The molecule has 0 radical (unpaired) electrons. The van der Waals surface area contributed by atoms with Gasteiger partial charge < -0.3 is 5.11 Å². The highest BCUT2D eigenvalue weighted by molar-refractivity contribution is 7.91. The molecule has 0 aliphatic carbocycles. The van der Waals surface area contributed by atoms with Crippen LogP contribution in [0.15, 0.2) is 94.7 Å². The number of sulfone groups is 1. The van der Waals surface area contributed by atoms with Crippen LogP contribution in [-0.4, -0.2) is 13.5 Å². The minimum atomic E-state index is -3.81. The van der Waals surface area contributed by atoms with E-state index in [2.05, 4.69) is 0 Å². The summed E-state index contributed by atoms with van der Waals surface area (Å²) in [5.41, 5.74) is 0.876. The summed E-state index contributed by atoms with van der Waals surface area (Å²) in [6.45, 7) is 3.14. The second kappa shape index (κ2) is 7.35. The fourth-order valence-electron chi connectivity index (χ4n) is 3.55. The van der Waals surface area contributed by atoms with Gasteiger partial charge in [-0.3, -0.25) is 0 Å². The normalized spacial score (nSPS) is 12.3. The average molecular weight is 421 g/mol. The Bertz CT molecular complexity index is 1340. The van der Waals surface area contributed by atoms with Gasteiger partial charge in [-0.2, -0.15) is 0 Å². The molecule has 4 rings (SSSR count). The molecule has 0 saturated carbocycles. The summed E-state index contributed by atoms with van der Waals surface area (Å²) in [5.74, 6) is -0.291. The van der Waals surface area contributed by atoms with Crippen molar-refractivity contribution in [3.8, 4) is 11.1 Å². The summed E-state index contributed by atoms with van der Waals surface area (Å²) in [5, 5.41) is 12.1. The molecule has 1 N–H and O–H groups in total. The molecule has 5 heteroatoms. The standard InChI is InChI=1S/C25H21FO3S/c1-25(2,27)23-5-3-4-6-24(23)30(28,29)22-14-11-19-15-18(7-8-20(19)16-22)17-9-12-21(26)13-10-17/h3-16,27H,1-2H3. The number of benzene rings is 4. The van der Waals surface area contributed by atoms with Crippen molar-refractivity contribution in [2.75, 3.05) is 0 Å². The Balaban J connectivity index is 1.79. The van der Waals surface area contributed by atoms with Gasteiger partial charge in [0.05, 0.1) is 15.4 Å². The summed E-state index contributed by atoms with van der Waals surface area (Å²) in [4.78, 5) is 0.265. The van der Waals surface area contributed by atoms with E-state index in [1.165, 1.54) is 18.2 Å². The van der Waals surface area contributed by atoms with Crippen LogP contribution in [0.2, 0.25) is 0 Å². The van der Waals surface area contributed by atoms with E-state index in [0.29, 0.717) is 5.56 Å². The molecule has 152 valence electrons. The Kier molecular flexibility index (Phi) is 4.96. The Morgan fingerprint density at radius 1 is 0.767 bits per heavy atom. The molecule has 0 spiro atoms. The van der Waals surface area contributed by atoms with Crippen LogP contribution >= 0.6 is 0 Å². The maximum absolute atomic E-state index is 13.3. The van der Waals surface area contributed by atoms with Gasteiger partial charge in [0.2, 0.25) is 9.84 Å². The highest BCUT2D eigenvalue weighted by atomic mass is 32.2. The zero-order valence-electron chi connectivity index (χ0n) is 16.6. The summed E-state index contributed by atoms with van der Waals surface area (Å²) in [6.07, 6.45) is 0. The van der Waals surface area contributed by atoms with E-state index in [0.717, 1.165) is 21.9 Å². The van der Waals surface area contributed by atoms with Crippen LogP contribution in [0.1, 0.15) is 19.4 Å². The van der Waals surface area contributed by atoms with Crippen LogP contribution < -0.4 is 0 Å². The third kappa shape index (κ3) is 3.74. The third-order valence-electron chi connectivity index (χ3n) is 5.14. The van der Waals surface area contributed by atoms with E-state index in [1.54, 1.807) is 62.4 Å². The highest BCUT2D eigenvalue weighted by Crippen LogP contribution is 2.33. The van der Waals surface area contributed by atoms with Gasteiger partial charge in [0.1, 0.15) is 5.82 Å². The van der Waals surface area contributed by atoms with Gasteiger partial charge in [0, 0.05) is 5.56 Å². The fourth-order valence-corrected chi connectivity index (χ4v) is 5.19. The molecule has 0 saturated heterocycles. The monoisotopic (exact) mass is 420 g/mol. The van der Waals surface area contributed by atoms with Crippen molar-refractivity contribution in [1.29, 1.82) is 0 Å². The molecule has 0 aromatic heterocycles. The van der Waals surface area contributed by atoms with Gasteiger partial charge in [0.15, 0.2) is 0 Å². The van der Waals surface area contributed by atoms with Gasteiger partial charge >= 0.3 is 0 Å². The Labute approximate surface area is 175 Å². The van der Waals surface area contributed by atoms with Crippen molar-refractivity contribution in [2.24, 2.45) is 0 Å². The Morgan fingerprint density at radius 3 is 2.07 bits per heavy atom. The van der Waals surface area contributed by atoms with E-state index in [-0.39, 0.29) is 15.6 Å². The lowest BCUT2D eigenvalue weighted by atomic mass is 9.99. The van der Waals surface area contributed by atoms with Crippen LogP contribution in [0.3, 0.4) is 0 Å². The molecule has 0 aliphatic heterocycles. The molecule has 0 unspecified atom stereocenters. The maximum Gasteiger partial charge on any atom is 0.206 e. The van der Waals surface area contributed by atoms with Gasteiger partial charge in [0.25, 0.3) is 0 Å². The van der Waals surface area contributed by atoms with Crippen molar-refractivity contribution < 1.29 is 17.9 Å². The first-order chi connectivity index (χ1) is 14.2. The topological polar surface area (TPSA) is 54.4 Å². The second-order valence-electron chi connectivity index (χ2n) is 7.79. The van der Waals surface area contributed by atoms with Crippen molar-refractivity contribution in [3.63, 3.8) is 0 Å². The van der Waals surface area contributed by atoms with E-state index >= 15 is 0 Å². The van der Waals surface area contributed by atoms with Crippen LogP contribution in [0.4, 0.5) is 4.39 Å². The van der Waals surface area contributed by atoms with Crippen molar-refractivity contribution in [3.05, 3.63) is 96.3 Å². The zero-order chi connectivity index (χ0) is 21.5. The zero-order valence-corrected chi connectivity index (χ0v) is 17.4. The largest absolute Gasteiger partial charge is 0.386 e. The fraction of sp³-hybridized carbons (Fsp3) is 0.120. The molecule has 30 heavy (non-hydrogen) atoms. The SMILES string of the molecule is CC(C)(O)c1ccccc1S(=O)(=O)c1ccc2cc(-c3ccc(F)cc3)ccc2c1. The van der Waals surface area contributed by atoms with Crippen LogP contribution in [0.5, 0.6) is 0 Å². The lowest BCUT2D eigenvalue weighted by Gasteiger charge is -2.21. The molecule has 0 amide bonds. The first kappa shape index (κ1) is 20.3. The van der Waals surface area contributed by atoms with Crippen molar-refractivity contribution in [2.45, 2.75) is 29.2 Å². The lowest BCUT2D eigenvalue weighted by Crippen LogP contribution is -2.20. The van der Waals surface area contributed by atoms with Gasteiger partial charge in [-0.25, -0.2) is 12.8 Å². The van der Waals surface area contributed by atoms with Gasteiger partial charge in [-0.05, 0) is 72.1 Å². The predicted octanol–water partition coefficient (Wildman–Crippen LogP) is 5.71. The van der Waals surface area contributed by atoms with Crippen LogP contribution in [0.25, 0.3) is 21.9 Å². The number of hydrogen-bond donors (Lipinski definition) is 1. The van der Waals surface area contributed by atoms with Crippen LogP contribution in [0, 0.1) is 5.82 Å². The van der Waals surface area contributed by atoms with E-state index in [9.17, 15) is 17.9 Å². The van der Waals surface area contributed by atoms with E-state index in [4.69, 9.17) is 0 Å². The van der Waals surface area contributed by atoms with Crippen LogP contribution in [-0.2, 0) is 15.4 Å². The minimum absolute atomic E-state index is 0.0970. The smallest absolute Gasteiger partial charge is 0.206 e. The second-order valence-corrected chi connectivity index (χ2v) is 9.71. The Hall–Kier alpha value is -3.02. The lowest BCUT2D eigenvalue weighted by molar-refractivity contribution is 0.0755. The molecule has 4 aromatic rings. The molecule has 0 aliphatic rings. The Morgan fingerprint density at radius 2 is 1.37 bits per heavy atom. The van der Waals surface area contributed by atoms with Crippen molar-refractivity contribution in [1.82, 2.24) is 0 Å². The molecular formula is C25H21FO3S.